The first-order valence-electron chi connectivity index (χ1n) is 5.66. The van der Waals surface area contributed by atoms with Crippen molar-refractivity contribution in [2.24, 2.45) is 11.8 Å². The lowest BCUT2D eigenvalue weighted by Crippen LogP contribution is -2.35. The molecule has 1 fully saturated rings. The fourth-order valence-corrected chi connectivity index (χ4v) is 2.29. The quantitative estimate of drug-likeness (QED) is 0.512. The minimum atomic E-state index is -0.393. The highest BCUT2D eigenvalue weighted by molar-refractivity contribution is 6.20. The van der Waals surface area contributed by atoms with Gasteiger partial charge in [-0.05, 0) is 46.0 Å². The van der Waals surface area contributed by atoms with E-state index in [0.29, 0.717) is 5.92 Å². The van der Waals surface area contributed by atoms with Gasteiger partial charge in [0.1, 0.15) is 5.60 Å². The van der Waals surface area contributed by atoms with Crippen LogP contribution in [0.15, 0.2) is 0 Å². The minimum Gasteiger partial charge on any atom is -0.460 e. The van der Waals surface area contributed by atoms with E-state index in [0.717, 1.165) is 19.3 Å². The second-order valence-corrected chi connectivity index (χ2v) is 6.14. The van der Waals surface area contributed by atoms with E-state index in [4.69, 9.17) is 16.3 Å². The number of carbonyl (C=O) groups excluding carboxylic acids is 1. The van der Waals surface area contributed by atoms with Crippen LogP contribution in [0.2, 0.25) is 0 Å². The van der Waals surface area contributed by atoms with E-state index in [-0.39, 0.29) is 17.3 Å². The van der Waals surface area contributed by atoms with Crippen LogP contribution < -0.4 is 0 Å². The average molecular weight is 233 g/mol. The Bertz CT molecular complexity index is 232. The number of esters is 1. The second-order valence-electron chi connectivity index (χ2n) is 5.53. The largest absolute Gasteiger partial charge is 0.460 e. The summed E-state index contributed by atoms with van der Waals surface area (Å²) in [4.78, 5) is 11.9. The summed E-state index contributed by atoms with van der Waals surface area (Å²) in [7, 11) is 0. The summed E-state index contributed by atoms with van der Waals surface area (Å²) in [5.74, 6) is 0.302. The van der Waals surface area contributed by atoms with Crippen LogP contribution in [0.25, 0.3) is 0 Å². The first kappa shape index (κ1) is 12.8. The zero-order valence-corrected chi connectivity index (χ0v) is 10.8. The van der Waals surface area contributed by atoms with Gasteiger partial charge in [-0.15, -0.1) is 11.6 Å². The van der Waals surface area contributed by atoms with Gasteiger partial charge in [0.25, 0.3) is 0 Å². The first-order valence-corrected chi connectivity index (χ1v) is 6.10. The molecule has 15 heavy (non-hydrogen) atoms. The molecule has 0 aromatic rings. The first-order chi connectivity index (χ1) is 6.79. The Kier molecular flexibility index (Phi) is 4.05. The molecule has 3 atom stereocenters. The Morgan fingerprint density at radius 1 is 1.33 bits per heavy atom. The molecule has 0 radical (unpaired) electrons. The van der Waals surface area contributed by atoms with Crippen molar-refractivity contribution >= 4 is 17.6 Å². The van der Waals surface area contributed by atoms with Gasteiger partial charge in [-0.1, -0.05) is 6.92 Å². The third-order valence-electron chi connectivity index (χ3n) is 2.84. The number of alkyl halides is 1. The van der Waals surface area contributed by atoms with Crippen LogP contribution in [0.1, 0.15) is 47.0 Å². The Hall–Kier alpha value is -0.240. The van der Waals surface area contributed by atoms with Crippen LogP contribution in [0.4, 0.5) is 0 Å². The van der Waals surface area contributed by atoms with Crippen LogP contribution >= 0.6 is 11.6 Å². The van der Waals surface area contributed by atoms with Gasteiger partial charge in [-0.2, -0.15) is 0 Å². The zero-order chi connectivity index (χ0) is 11.6. The Morgan fingerprint density at radius 2 is 1.93 bits per heavy atom. The SMILES string of the molecule is C[C@@H]1CC[C@@H](Cl)C[C@@H]1C(=O)OC(C)(C)C. The number of rotatable bonds is 1. The van der Waals surface area contributed by atoms with Gasteiger partial charge in [-0.3, -0.25) is 4.79 Å². The number of hydrogen-bond acceptors (Lipinski definition) is 2. The van der Waals surface area contributed by atoms with E-state index in [1.54, 1.807) is 0 Å². The highest BCUT2D eigenvalue weighted by Crippen LogP contribution is 2.34. The number of hydrogen-bond donors (Lipinski definition) is 0. The van der Waals surface area contributed by atoms with E-state index in [1.165, 1.54) is 0 Å². The topological polar surface area (TPSA) is 26.3 Å². The molecule has 0 aromatic heterocycles. The Balaban J connectivity index is 2.57. The lowest BCUT2D eigenvalue weighted by molar-refractivity contribution is -0.162. The van der Waals surface area contributed by atoms with Crippen LogP contribution in [-0.4, -0.2) is 16.9 Å². The summed E-state index contributed by atoms with van der Waals surface area (Å²) >= 11 is 6.08. The van der Waals surface area contributed by atoms with Crippen molar-refractivity contribution in [3.8, 4) is 0 Å². The van der Waals surface area contributed by atoms with Gasteiger partial charge >= 0.3 is 5.97 Å². The van der Waals surface area contributed by atoms with Crippen molar-refractivity contribution in [2.45, 2.75) is 57.9 Å². The zero-order valence-electron chi connectivity index (χ0n) is 10.0. The number of halogens is 1. The van der Waals surface area contributed by atoms with Crippen LogP contribution in [0, 0.1) is 11.8 Å². The fraction of sp³-hybridized carbons (Fsp3) is 0.917. The monoisotopic (exact) mass is 232 g/mol. The van der Waals surface area contributed by atoms with Crippen molar-refractivity contribution in [3.05, 3.63) is 0 Å². The Labute approximate surface area is 97.3 Å². The molecule has 0 aliphatic heterocycles. The van der Waals surface area contributed by atoms with Crippen molar-refractivity contribution in [2.75, 3.05) is 0 Å². The minimum absolute atomic E-state index is 0.0134. The number of carbonyl (C=O) groups is 1. The molecule has 0 bridgehead atoms. The van der Waals surface area contributed by atoms with Gasteiger partial charge in [-0.25, -0.2) is 0 Å². The van der Waals surface area contributed by atoms with Gasteiger partial charge in [0, 0.05) is 5.38 Å². The molecule has 3 heteroatoms. The maximum atomic E-state index is 11.9. The second kappa shape index (κ2) is 4.73. The van der Waals surface area contributed by atoms with Gasteiger partial charge in [0.05, 0.1) is 5.92 Å². The van der Waals surface area contributed by atoms with Gasteiger partial charge in [0.15, 0.2) is 0 Å². The summed E-state index contributed by atoms with van der Waals surface area (Å²) in [6.07, 6.45) is 2.80. The maximum Gasteiger partial charge on any atom is 0.309 e. The molecule has 0 heterocycles. The summed E-state index contributed by atoms with van der Waals surface area (Å²) < 4.78 is 5.40. The molecule has 0 saturated heterocycles. The third-order valence-corrected chi connectivity index (χ3v) is 3.24. The molecule has 1 aliphatic carbocycles. The highest BCUT2D eigenvalue weighted by atomic mass is 35.5. The predicted molar refractivity (Wildman–Crippen MR) is 62.0 cm³/mol. The normalized spacial score (nSPS) is 32.5. The predicted octanol–water partition coefficient (Wildman–Crippen LogP) is 3.37. The standard InChI is InChI=1S/C12H21ClO2/c1-8-5-6-9(13)7-10(8)11(14)15-12(2,3)4/h8-10H,5-7H2,1-4H3/t8-,9-,10+/m1/s1. The lowest BCUT2D eigenvalue weighted by atomic mass is 9.80. The summed E-state index contributed by atoms with van der Waals surface area (Å²) in [6.45, 7) is 7.81. The smallest absolute Gasteiger partial charge is 0.309 e. The average Bonchev–Trinajstić information content (AvgIpc) is 2.06. The van der Waals surface area contributed by atoms with Gasteiger partial charge in [0.2, 0.25) is 0 Å². The highest BCUT2D eigenvalue weighted by Gasteiger charge is 2.34. The van der Waals surface area contributed by atoms with Crippen molar-refractivity contribution in [3.63, 3.8) is 0 Å². The van der Waals surface area contributed by atoms with Crippen LogP contribution in [0.3, 0.4) is 0 Å². The van der Waals surface area contributed by atoms with Crippen molar-refractivity contribution < 1.29 is 9.53 Å². The molecule has 0 amide bonds. The van der Waals surface area contributed by atoms with Crippen LogP contribution in [-0.2, 0) is 9.53 Å². The molecular weight excluding hydrogens is 212 g/mol. The number of ether oxygens (including phenoxy) is 1. The molecular formula is C12H21ClO2. The lowest BCUT2D eigenvalue weighted by Gasteiger charge is -2.32. The molecule has 88 valence electrons. The summed E-state index contributed by atoms with van der Waals surface area (Å²) in [5, 5.41) is 0.138. The molecule has 1 saturated carbocycles. The van der Waals surface area contributed by atoms with E-state index in [1.807, 2.05) is 20.8 Å². The molecule has 0 N–H and O–H groups in total. The van der Waals surface area contributed by atoms with E-state index >= 15 is 0 Å². The van der Waals surface area contributed by atoms with Crippen LogP contribution in [0.5, 0.6) is 0 Å². The van der Waals surface area contributed by atoms with E-state index < -0.39 is 5.60 Å². The third kappa shape index (κ3) is 4.02. The fourth-order valence-electron chi connectivity index (χ4n) is 1.98. The summed E-state index contributed by atoms with van der Waals surface area (Å²) in [5.41, 5.74) is -0.393. The molecule has 1 aliphatic rings. The van der Waals surface area contributed by atoms with Gasteiger partial charge < -0.3 is 4.74 Å². The molecule has 2 nitrogen and oxygen atoms in total. The Morgan fingerprint density at radius 3 is 2.47 bits per heavy atom. The maximum absolute atomic E-state index is 11.9. The van der Waals surface area contributed by atoms with Crippen molar-refractivity contribution in [1.82, 2.24) is 0 Å². The molecule has 1 rings (SSSR count). The van der Waals surface area contributed by atoms with E-state index in [9.17, 15) is 4.79 Å². The molecule has 0 aromatic carbocycles. The summed E-state index contributed by atoms with van der Waals surface area (Å²) in [6, 6.07) is 0. The molecule has 0 unspecified atom stereocenters. The van der Waals surface area contributed by atoms with E-state index in [2.05, 4.69) is 6.92 Å². The van der Waals surface area contributed by atoms with Crippen molar-refractivity contribution in [1.29, 1.82) is 0 Å². The molecule has 0 spiro atoms.